The molecule has 0 saturated heterocycles. The van der Waals surface area contributed by atoms with Gasteiger partial charge in [-0.2, -0.15) is 0 Å². The number of benzene rings is 6. The summed E-state index contributed by atoms with van der Waals surface area (Å²) < 4.78 is 4.75. The third-order valence-corrected chi connectivity index (χ3v) is 8.42. The van der Waals surface area contributed by atoms with Crippen molar-refractivity contribution >= 4 is 65.7 Å². The molecule has 3 heterocycles. The van der Waals surface area contributed by atoms with E-state index in [0.29, 0.717) is 0 Å². The Bertz CT molecular complexity index is 2400. The van der Waals surface area contributed by atoms with Gasteiger partial charge in [0.05, 0.1) is 27.6 Å². The highest BCUT2D eigenvalue weighted by Crippen LogP contribution is 2.42. The Balaban J connectivity index is 1.56. The summed E-state index contributed by atoms with van der Waals surface area (Å²) in [7, 11) is 0. The Hall–Kier alpha value is -4.89. The molecule has 0 spiro atoms. The predicted octanol–water partition coefficient (Wildman–Crippen LogP) is 9.07. The van der Waals surface area contributed by atoms with Crippen LogP contribution in [0.2, 0.25) is 0 Å². The highest BCUT2D eigenvalue weighted by molar-refractivity contribution is 6.20. The molecular formula is C35H23N3. The van der Waals surface area contributed by atoms with Crippen LogP contribution in [-0.2, 0) is 0 Å². The molecule has 0 N–H and O–H groups in total. The van der Waals surface area contributed by atoms with Gasteiger partial charge in [0.1, 0.15) is 0 Å². The summed E-state index contributed by atoms with van der Waals surface area (Å²) >= 11 is 0. The molecule has 0 aliphatic carbocycles. The molecule has 0 atom stereocenters. The Morgan fingerprint density at radius 3 is 1.87 bits per heavy atom. The van der Waals surface area contributed by atoms with Crippen LogP contribution >= 0.6 is 0 Å². The van der Waals surface area contributed by atoms with Crippen LogP contribution in [0.5, 0.6) is 0 Å². The van der Waals surface area contributed by atoms with Crippen LogP contribution in [-0.4, -0.2) is 13.8 Å². The minimum absolute atomic E-state index is 0.972. The summed E-state index contributed by atoms with van der Waals surface area (Å²) in [5.41, 5.74) is 11.0. The van der Waals surface area contributed by atoms with Crippen LogP contribution in [0.3, 0.4) is 0 Å². The molecule has 3 aromatic heterocycles. The van der Waals surface area contributed by atoms with Crippen molar-refractivity contribution in [1.29, 1.82) is 0 Å². The van der Waals surface area contributed by atoms with Gasteiger partial charge in [0, 0.05) is 10.8 Å². The van der Waals surface area contributed by atoms with Gasteiger partial charge in [0.15, 0.2) is 0 Å². The zero-order chi connectivity index (χ0) is 25.1. The lowest BCUT2D eigenvalue weighted by atomic mass is 9.94. The Kier molecular flexibility index (Phi) is 3.67. The van der Waals surface area contributed by atoms with E-state index in [9.17, 15) is 0 Å². The summed E-state index contributed by atoms with van der Waals surface area (Å²) in [5.74, 6) is 0.972. The fourth-order valence-corrected chi connectivity index (χ4v) is 6.74. The normalized spacial score (nSPS) is 12.5. The van der Waals surface area contributed by atoms with E-state index >= 15 is 0 Å². The molecule has 3 heteroatoms. The van der Waals surface area contributed by atoms with E-state index in [1.165, 1.54) is 71.1 Å². The summed E-state index contributed by atoms with van der Waals surface area (Å²) in [6.07, 6.45) is 0. The van der Waals surface area contributed by atoms with Gasteiger partial charge < -0.3 is 0 Å². The Morgan fingerprint density at radius 2 is 1.16 bits per heavy atom. The highest BCUT2D eigenvalue weighted by Gasteiger charge is 2.23. The van der Waals surface area contributed by atoms with Gasteiger partial charge in [-0.25, -0.2) is 4.98 Å². The molecule has 9 aromatic rings. The molecule has 6 aromatic carbocycles. The number of aryl methyl sites for hydroxylation is 2. The second kappa shape index (κ2) is 6.90. The minimum atomic E-state index is 0.972. The fraction of sp³-hybridized carbons (Fsp3) is 0.0571. The van der Waals surface area contributed by atoms with Crippen molar-refractivity contribution in [3.05, 3.63) is 114 Å². The van der Waals surface area contributed by atoms with Crippen LogP contribution in [0, 0.1) is 13.8 Å². The van der Waals surface area contributed by atoms with Crippen molar-refractivity contribution < 1.29 is 0 Å². The Labute approximate surface area is 218 Å². The van der Waals surface area contributed by atoms with Gasteiger partial charge in [-0.05, 0) is 94.0 Å². The van der Waals surface area contributed by atoms with Crippen molar-refractivity contribution in [2.24, 2.45) is 0 Å². The molecule has 178 valence electrons. The van der Waals surface area contributed by atoms with Crippen molar-refractivity contribution in [2.75, 3.05) is 0 Å². The summed E-state index contributed by atoms with van der Waals surface area (Å²) in [4.78, 5) is 5.25. The van der Waals surface area contributed by atoms with Crippen molar-refractivity contribution in [3.63, 3.8) is 0 Å². The van der Waals surface area contributed by atoms with Crippen molar-refractivity contribution in [2.45, 2.75) is 13.8 Å². The number of hydrogen-bond acceptors (Lipinski definition) is 1. The highest BCUT2D eigenvalue weighted by atomic mass is 15.2. The quantitative estimate of drug-likeness (QED) is 0.227. The second-order valence-electron chi connectivity index (χ2n) is 10.6. The molecule has 0 radical (unpaired) electrons. The van der Waals surface area contributed by atoms with Crippen molar-refractivity contribution in [1.82, 2.24) is 13.8 Å². The molecule has 0 bridgehead atoms. The number of fused-ring (bicyclic) bond motifs is 10. The first-order valence-corrected chi connectivity index (χ1v) is 13.2. The largest absolute Gasteiger partial charge is 0.277 e. The van der Waals surface area contributed by atoms with E-state index in [2.05, 4.69) is 126 Å². The number of rotatable bonds is 1. The molecule has 0 saturated carbocycles. The van der Waals surface area contributed by atoms with Crippen LogP contribution in [0.25, 0.3) is 76.8 Å². The average Bonchev–Trinajstić information content (AvgIpc) is 3.55. The van der Waals surface area contributed by atoms with Crippen LogP contribution in [0.4, 0.5) is 0 Å². The van der Waals surface area contributed by atoms with E-state index < -0.39 is 0 Å². The summed E-state index contributed by atoms with van der Waals surface area (Å²) in [6, 6.07) is 37.8. The lowest BCUT2D eigenvalue weighted by Crippen LogP contribution is -1.89. The fourth-order valence-electron chi connectivity index (χ4n) is 6.74. The molecule has 0 aliphatic rings. The lowest BCUT2D eigenvalue weighted by molar-refractivity contribution is 1.22. The number of imidazole rings is 2. The zero-order valence-electron chi connectivity index (χ0n) is 21.2. The molecule has 9 rings (SSSR count). The maximum Gasteiger partial charge on any atom is 0.220 e. The topological polar surface area (TPSA) is 21.7 Å². The van der Waals surface area contributed by atoms with E-state index in [1.807, 2.05) is 0 Å². The summed E-state index contributed by atoms with van der Waals surface area (Å²) in [5, 5.41) is 7.51. The smallest absolute Gasteiger partial charge is 0.220 e. The van der Waals surface area contributed by atoms with Gasteiger partial charge in [-0.1, -0.05) is 66.7 Å². The molecule has 0 unspecified atom stereocenters. The first kappa shape index (κ1) is 20.2. The third kappa shape index (κ3) is 2.46. The molecule has 0 fully saturated rings. The summed E-state index contributed by atoms with van der Waals surface area (Å²) in [6.45, 7) is 4.43. The van der Waals surface area contributed by atoms with Gasteiger partial charge in [0.25, 0.3) is 0 Å². The first-order valence-electron chi connectivity index (χ1n) is 13.2. The van der Waals surface area contributed by atoms with Gasteiger partial charge in [0.2, 0.25) is 5.78 Å². The third-order valence-electron chi connectivity index (χ3n) is 8.42. The Morgan fingerprint density at radius 1 is 0.526 bits per heavy atom. The van der Waals surface area contributed by atoms with E-state index in [4.69, 9.17) is 4.98 Å². The van der Waals surface area contributed by atoms with Gasteiger partial charge in [-0.15, -0.1) is 0 Å². The van der Waals surface area contributed by atoms with Gasteiger partial charge >= 0.3 is 0 Å². The average molecular weight is 486 g/mol. The maximum atomic E-state index is 5.25. The molecule has 0 aliphatic heterocycles. The molecule has 3 nitrogen and oxygen atoms in total. The first-order chi connectivity index (χ1) is 18.7. The lowest BCUT2D eigenvalue weighted by Gasteiger charge is -2.11. The van der Waals surface area contributed by atoms with Crippen LogP contribution < -0.4 is 0 Å². The van der Waals surface area contributed by atoms with Crippen molar-refractivity contribution in [3.8, 4) is 11.1 Å². The van der Waals surface area contributed by atoms with Crippen LogP contribution in [0.1, 0.15) is 11.1 Å². The maximum absolute atomic E-state index is 5.25. The van der Waals surface area contributed by atoms with E-state index in [0.717, 1.165) is 16.8 Å². The van der Waals surface area contributed by atoms with Gasteiger partial charge in [-0.3, -0.25) is 8.80 Å². The minimum Gasteiger partial charge on any atom is -0.277 e. The standard InChI is InChI=1S/C35H23N3/c1-20-8-7-9-21(2)33(20)26-15-28-27-14-22-10-3-5-12-24(22)17-30(27)38-34(28)32(19-26)37-31-18-25-13-6-4-11-23(25)16-29(31)36-35(37)38/h3-19H,1-2H3. The molecule has 0 amide bonds. The zero-order valence-corrected chi connectivity index (χ0v) is 21.2. The number of nitrogens with zero attached hydrogens (tertiary/aromatic N) is 3. The van der Waals surface area contributed by atoms with Crippen LogP contribution in [0.15, 0.2) is 103 Å². The molecule has 38 heavy (non-hydrogen) atoms. The molecular weight excluding hydrogens is 462 g/mol. The van der Waals surface area contributed by atoms with E-state index in [1.54, 1.807) is 0 Å². The second-order valence-corrected chi connectivity index (χ2v) is 10.6. The SMILES string of the molecule is Cc1cccc(C)c1-c1cc2c3cc4ccccc4cc3n3c2c(c1)n1c2cc4ccccc4cc2nc13. The van der Waals surface area contributed by atoms with E-state index in [-0.39, 0.29) is 0 Å². The number of hydrogen-bond donors (Lipinski definition) is 0. The number of aromatic nitrogens is 3. The monoisotopic (exact) mass is 485 g/mol. The predicted molar refractivity (Wildman–Crippen MR) is 160 cm³/mol.